The van der Waals surface area contributed by atoms with Crippen LogP contribution >= 0.6 is 0 Å². The maximum Gasteiger partial charge on any atom is 0.0497 e. The Kier molecular flexibility index (Phi) is 5.88. The second kappa shape index (κ2) is 7.02. The standard InChI is InChI=1S/C12H22O2/c1-11-4-6-12(7-5-11)10-14-9-3-8-13-2/h4,12H,3,5-10H2,1-2H3. The minimum atomic E-state index is 0.751. The van der Waals surface area contributed by atoms with E-state index in [-0.39, 0.29) is 0 Å². The molecule has 0 amide bonds. The normalized spacial score (nSPS) is 22.1. The fraction of sp³-hybridized carbons (Fsp3) is 0.833. The Morgan fingerprint density at radius 1 is 1.43 bits per heavy atom. The number of hydrogen-bond acceptors (Lipinski definition) is 2. The summed E-state index contributed by atoms with van der Waals surface area (Å²) in [4.78, 5) is 0. The van der Waals surface area contributed by atoms with Crippen LogP contribution in [0.3, 0.4) is 0 Å². The molecule has 0 aromatic rings. The number of rotatable bonds is 6. The highest BCUT2D eigenvalue weighted by atomic mass is 16.5. The molecule has 0 N–H and O–H groups in total. The second-order valence-electron chi connectivity index (χ2n) is 4.11. The molecule has 0 spiro atoms. The summed E-state index contributed by atoms with van der Waals surface area (Å²) >= 11 is 0. The van der Waals surface area contributed by atoms with E-state index in [0.29, 0.717) is 0 Å². The van der Waals surface area contributed by atoms with E-state index in [0.717, 1.165) is 32.2 Å². The molecule has 1 aliphatic rings. The first-order chi connectivity index (χ1) is 6.83. The van der Waals surface area contributed by atoms with E-state index in [1.165, 1.54) is 19.3 Å². The van der Waals surface area contributed by atoms with Crippen molar-refractivity contribution in [3.05, 3.63) is 11.6 Å². The van der Waals surface area contributed by atoms with Crippen LogP contribution in [0, 0.1) is 5.92 Å². The van der Waals surface area contributed by atoms with Crippen molar-refractivity contribution in [2.24, 2.45) is 5.92 Å². The molecule has 0 fully saturated rings. The quantitative estimate of drug-likeness (QED) is 0.482. The monoisotopic (exact) mass is 198 g/mol. The van der Waals surface area contributed by atoms with Gasteiger partial charge in [-0.25, -0.2) is 0 Å². The van der Waals surface area contributed by atoms with Gasteiger partial charge in [-0.3, -0.25) is 0 Å². The summed E-state index contributed by atoms with van der Waals surface area (Å²) in [6.07, 6.45) is 7.12. The van der Waals surface area contributed by atoms with Gasteiger partial charge in [-0.1, -0.05) is 11.6 Å². The van der Waals surface area contributed by atoms with Gasteiger partial charge in [0.2, 0.25) is 0 Å². The van der Waals surface area contributed by atoms with Crippen molar-refractivity contribution in [2.45, 2.75) is 32.6 Å². The maximum atomic E-state index is 5.60. The zero-order valence-electron chi connectivity index (χ0n) is 9.42. The summed E-state index contributed by atoms with van der Waals surface area (Å²) < 4.78 is 10.6. The molecule has 2 heteroatoms. The van der Waals surface area contributed by atoms with Crippen molar-refractivity contribution in [3.8, 4) is 0 Å². The molecule has 0 heterocycles. The van der Waals surface area contributed by atoms with Gasteiger partial charge in [0.15, 0.2) is 0 Å². The van der Waals surface area contributed by atoms with Crippen molar-refractivity contribution in [2.75, 3.05) is 26.9 Å². The van der Waals surface area contributed by atoms with Crippen LogP contribution in [0.25, 0.3) is 0 Å². The molecule has 0 bridgehead atoms. The Labute approximate surface area is 87.3 Å². The van der Waals surface area contributed by atoms with E-state index in [1.807, 2.05) is 0 Å². The molecule has 1 rings (SSSR count). The highest BCUT2D eigenvalue weighted by molar-refractivity contribution is 5.02. The van der Waals surface area contributed by atoms with E-state index in [1.54, 1.807) is 12.7 Å². The Morgan fingerprint density at radius 2 is 2.29 bits per heavy atom. The van der Waals surface area contributed by atoms with Crippen molar-refractivity contribution >= 4 is 0 Å². The summed E-state index contributed by atoms with van der Waals surface area (Å²) in [5.41, 5.74) is 1.54. The zero-order valence-corrected chi connectivity index (χ0v) is 9.42. The first-order valence-electron chi connectivity index (χ1n) is 5.55. The molecular formula is C12H22O2. The average Bonchev–Trinajstić information content (AvgIpc) is 2.21. The van der Waals surface area contributed by atoms with Gasteiger partial charge in [-0.2, -0.15) is 0 Å². The fourth-order valence-corrected chi connectivity index (χ4v) is 1.73. The third kappa shape index (κ3) is 4.77. The fourth-order valence-electron chi connectivity index (χ4n) is 1.73. The lowest BCUT2D eigenvalue weighted by molar-refractivity contribution is 0.0759. The number of hydrogen-bond donors (Lipinski definition) is 0. The van der Waals surface area contributed by atoms with Gasteiger partial charge in [0, 0.05) is 26.9 Å². The van der Waals surface area contributed by atoms with Gasteiger partial charge < -0.3 is 9.47 Å². The van der Waals surface area contributed by atoms with Gasteiger partial charge in [-0.15, -0.1) is 0 Å². The Morgan fingerprint density at radius 3 is 2.93 bits per heavy atom. The van der Waals surface area contributed by atoms with E-state index < -0.39 is 0 Å². The molecule has 2 nitrogen and oxygen atoms in total. The minimum absolute atomic E-state index is 0.751. The van der Waals surface area contributed by atoms with Gasteiger partial charge in [0.1, 0.15) is 0 Å². The molecule has 0 saturated heterocycles. The summed E-state index contributed by atoms with van der Waals surface area (Å²) in [6.45, 7) is 4.79. The van der Waals surface area contributed by atoms with Gasteiger partial charge in [0.25, 0.3) is 0 Å². The van der Waals surface area contributed by atoms with Gasteiger partial charge in [-0.05, 0) is 38.5 Å². The third-order valence-corrected chi connectivity index (χ3v) is 2.74. The molecule has 14 heavy (non-hydrogen) atoms. The Bertz CT molecular complexity index is 175. The topological polar surface area (TPSA) is 18.5 Å². The zero-order chi connectivity index (χ0) is 10.2. The van der Waals surface area contributed by atoms with Crippen LogP contribution in [0.5, 0.6) is 0 Å². The molecule has 0 radical (unpaired) electrons. The predicted molar refractivity (Wildman–Crippen MR) is 58.4 cm³/mol. The lowest BCUT2D eigenvalue weighted by atomic mass is 9.91. The van der Waals surface area contributed by atoms with E-state index in [2.05, 4.69) is 13.0 Å². The van der Waals surface area contributed by atoms with Crippen molar-refractivity contribution < 1.29 is 9.47 Å². The molecule has 1 unspecified atom stereocenters. The molecule has 0 aromatic carbocycles. The van der Waals surface area contributed by atoms with E-state index in [9.17, 15) is 0 Å². The van der Waals surface area contributed by atoms with Crippen LogP contribution in [0.15, 0.2) is 11.6 Å². The van der Waals surface area contributed by atoms with Crippen LogP contribution in [-0.2, 0) is 9.47 Å². The molecule has 1 atom stereocenters. The van der Waals surface area contributed by atoms with Gasteiger partial charge in [0.05, 0.1) is 0 Å². The van der Waals surface area contributed by atoms with E-state index >= 15 is 0 Å². The summed E-state index contributed by atoms with van der Waals surface area (Å²) in [7, 11) is 1.73. The largest absolute Gasteiger partial charge is 0.385 e. The first-order valence-corrected chi connectivity index (χ1v) is 5.55. The van der Waals surface area contributed by atoms with Crippen LogP contribution in [0.1, 0.15) is 32.6 Å². The maximum absolute atomic E-state index is 5.60. The van der Waals surface area contributed by atoms with Crippen LogP contribution in [0.4, 0.5) is 0 Å². The molecule has 0 saturated carbocycles. The van der Waals surface area contributed by atoms with Crippen molar-refractivity contribution in [3.63, 3.8) is 0 Å². The number of allylic oxidation sites excluding steroid dienone is 2. The summed E-state index contributed by atoms with van der Waals surface area (Å²) in [5.74, 6) is 0.751. The molecular weight excluding hydrogens is 176 g/mol. The summed E-state index contributed by atoms with van der Waals surface area (Å²) in [5, 5.41) is 0. The van der Waals surface area contributed by atoms with Crippen LogP contribution in [0.2, 0.25) is 0 Å². The average molecular weight is 198 g/mol. The SMILES string of the molecule is COCCCOCC1CC=C(C)CC1. The molecule has 82 valence electrons. The first kappa shape index (κ1) is 11.7. The van der Waals surface area contributed by atoms with Crippen molar-refractivity contribution in [1.82, 2.24) is 0 Å². The van der Waals surface area contributed by atoms with Crippen molar-refractivity contribution in [1.29, 1.82) is 0 Å². The minimum Gasteiger partial charge on any atom is -0.385 e. The third-order valence-electron chi connectivity index (χ3n) is 2.74. The molecule has 0 aliphatic heterocycles. The molecule has 1 aliphatic carbocycles. The highest BCUT2D eigenvalue weighted by Gasteiger charge is 2.11. The predicted octanol–water partition coefficient (Wildman–Crippen LogP) is 2.79. The molecule has 0 aromatic heterocycles. The lowest BCUT2D eigenvalue weighted by Crippen LogP contribution is -2.13. The summed E-state index contributed by atoms with van der Waals surface area (Å²) in [6, 6.07) is 0. The van der Waals surface area contributed by atoms with Crippen LogP contribution in [-0.4, -0.2) is 26.9 Å². The Hall–Kier alpha value is -0.340. The lowest BCUT2D eigenvalue weighted by Gasteiger charge is -2.20. The second-order valence-corrected chi connectivity index (χ2v) is 4.11. The number of methoxy groups -OCH3 is 1. The highest BCUT2D eigenvalue weighted by Crippen LogP contribution is 2.23. The van der Waals surface area contributed by atoms with Gasteiger partial charge >= 0.3 is 0 Å². The Balaban J connectivity index is 1.97. The van der Waals surface area contributed by atoms with Crippen LogP contribution < -0.4 is 0 Å². The van der Waals surface area contributed by atoms with E-state index in [4.69, 9.17) is 9.47 Å². The number of ether oxygens (including phenoxy) is 2. The smallest absolute Gasteiger partial charge is 0.0497 e.